The third-order valence-corrected chi connectivity index (χ3v) is 8.38. The molecule has 0 unspecified atom stereocenters. The summed E-state index contributed by atoms with van der Waals surface area (Å²) < 4.78 is 33.1. The molecule has 1 aromatic heterocycles. The lowest BCUT2D eigenvalue weighted by Crippen LogP contribution is -2.60. The monoisotopic (exact) mass is 390 g/mol. The molecule has 2 aromatic rings. The zero-order chi connectivity index (χ0) is 18.2. The van der Waals surface area contributed by atoms with Gasteiger partial charge in [-0.1, -0.05) is 17.7 Å². The molecule has 4 rings (SSSR count). The lowest BCUT2D eigenvalue weighted by molar-refractivity contribution is 0.0397. The van der Waals surface area contributed by atoms with Gasteiger partial charge >= 0.3 is 0 Å². The fraction of sp³-hybridized carbons (Fsp3) is 0.421. The minimum absolute atomic E-state index is 0.0146. The highest BCUT2D eigenvalue weighted by atomic mass is 32.2. The Morgan fingerprint density at radius 1 is 1.19 bits per heavy atom. The van der Waals surface area contributed by atoms with Crippen molar-refractivity contribution in [2.24, 2.45) is 0 Å². The molecule has 7 heteroatoms. The summed E-state index contributed by atoms with van der Waals surface area (Å²) in [6, 6.07) is 11.0. The van der Waals surface area contributed by atoms with E-state index in [1.54, 1.807) is 28.8 Å². The van der Waals surface area contributed by atoms with Gasteiger partial charge in [-0.3, -0.25) is 4.98 Å². The molecular formula is C19H22N2O3S2. The average molecular weight is 391 g/mol. The number of rotatable bonds is 5. The predicted octanol–water partition coefficient (Wildman–Crippen LogP) is 2.86. The molecule has 2 aliphatic heterocycles. The van der Waals surface area contributed by atoms with Gasteiger partial charge in [0.2, 0.25) is 10.0 Å². The lowest BCUT2D eigenvalue weighted by atomic mass is 9.95. The number of benzene rings is 1. The molecule has 0 saturated carbocycles. The molecule has 0 N–H and O–H groups in total. The Labute approximate surface area is 158 Å². The Morgan fingerprint density at radius 3 is 2.58 bits per heavy atom. The third kappa shape index (κ3) is 3.53. The van der Waals surface area contributed by atoms with Crippen LogP contribution in [0.2, 0.25) is 0 Å². The molecule has 138 valence electrons. The summed E-state index contributed by atoms with van der Waals surface area (Å²) in [4.78, 5) is 4.39. The van der Waals surface area contributed by atoms with Crippen LogP contribution in [-0.4, -0.2) is 47.4 Å². The van der Waals surface area contributed by atoms with Crippen LogP contribution < -0.4 is 0 Å². The number of sulfonamides is 1. The van der Waals surface area contributed by atoms with E-state index in [1.165, 1.54) is 0 Å². The molecule has 2 fully saturated rings. The Morgan fingerprint density at radius 2 is 1.88 bits per heavy atom. The molecule has 0 aliphatic carbocycles. The van der Waals surface area contributed by atoms with Crippen LogP contribution in [0, 0.1) is 6.92 Å². The van der Waals surface area contributed by atoms with Crippen molar-refractivity contribution in [2.75, 3.05) is 18.8 Å². The lowest BCUT2D eigenvalue weighted by Gasteiger charge is -2.46. The minimum Gasteiger partial charge on any atom is -0.373 e. The zero-order valence-corrected chi connectivity index (χ0v) is 16.3. The van der Waals surface area contributed by atoms with Gasteiger partial charge in [0.25, 0.3) is 0 Å². The van der Waals surface area contributed by atoms with Gasteiger partial charge < -0.3 is 4.74 Å². The van der Waals surface area contributed by atoms with Crippen LogP contribution >= 0.6 is 11.8 Å². The van der Waals surface area contributed by atoms with E-state index in [-0.39, 0.29) is 10.9 Å². The molecule has 0 radical (unpaired) electrons. The number of aromatic nitrogens is 1. The second kappa shape index (κ2) is 6.96. The van der Waals surface area contributed by atoms with Crippen LogP contribution in [0.4, 0.5) is 0 Å². The van der Waals surface area contributed by atoms with Crippen LogP contribution in [0.25, 0.3) is 0 Å². The van der Waals surface area contributed by atoms with Gasteiger partial charge in [-0.05, 0) is 43.2 Å². The molecule has 0 bridgehead atoms. The van der Waals surface area contributed by atoms with Crippen LogP contribution in [0.5, 0.6) is 0 Å². The van der Waals surface area contributed by atoms with Crippen molar-refractivity contribution >= 4 is 21.8 Å². The van der Waals surface area contributed by atoms with E-state index in [1.807, 2.05) is 43.0 Å². The minimum atomic E-state index is -3.38. The maximum absolute atomic E-state index is 12.7. The quantitative estimate of drug-likeness (QED) is 0.786. The number of aryl methyl sites for hydroxylation is 1. The molecule has 1 atom stereocenters. The SMILES string of the molecule is Cc1ccc(S(=O)(=O)N2CC3(C[C@@H](OCc4ccncc4)CS3)C2)cc1. The molecule has 1 spiro atoms. The first-order valence-electron chi connectivity index (χ1n) is 8.68. The molecule has 5 nitrogen and oxygen atoms in total. The van der Waals surface area contributed by atoms with Crippen molar-refractivity contribution in [1.29, 1.82) is 0 Å². The van der Waals surface area contributed by atoms with Crippen LogP contribution in [-0.2, 0) is 21.4 Å². The van der Waals surface area contributed by atoms with E-state index in [9.17, 15) is 8.42 Å². The van der Waals surface area contributed by atoms with Gasteiger partial charge in [-0.25, -0.2) is 8.42 Å². The second-order valence-electron chi connectivity index (χ2n) is 7.07. The van der Waals surface area contributed by atoms with Crippen molar-refractivity contribution < 1.29 is 13.2 Å². The Balaban J connectivity index is 1.33. The molecule has 0 amide bonds. The summed E-state index contributed by atoms with van der Waals surface area (Å²) in [6.45, 7) is 3.68. The Kier molecular flexibility index (Phi) is 4.81. The highest BCUT2D eigenvalue weighted by molar-refractivity contribution is 8.01. The normalized spacial score (nSPS) is 22.4. The number of pyridine rings is 1. The number of ether oxygens (including phenoxy) is 1. The highest BCUT2D eigenvalue weighted by Gasteiger charge is 2.53. The molecular weight excluding hydrogens is 368 g/mol. The molecule has 3 heterocycles. The van der Waals surface area contributed by atoms with Gasteiger partial charge in [0.05, 0.1) is 17.6 Å². The van der Waals surface area contributed by atoms with Crippen molar-refractivity contribution in [3.8, 4) is 0 Å². The average Bonchev–Trinajstić information content (AvgIpc) is 3.05. The Bertz CT molecular complexity index is 863. The van der Waals surface area contributed by atoms with Crippen LogP contribution in [0.3, 0.4) is 0 Å². The van der Waals surface area contributed by atoms with E-state index in [4.69, 9.17) is 4.74 Å². The second-order valence-corrected chi connectivity index (χ2v) is 10.5. The molecule has 26 heavy (non-hydrogen) atoms. The van der Waals surface area contributed by atoms with Crippen molar-refractivity contribution in [2.45, 2.75) is 35.7 Å². The van der Waals surface area contributed by atoms with Gasteiger partial charge in [-0.2, -0.15) is 4.31 Å². The van der Waals surface area contributed by atoms with Crippen molar-refractivity contribution in [3.05, 3.63) is 59.9 Å². The van der Waals surface area contributed by atoms with E-state index in [0.717, 1.165) is 23.3 Å². The first-order valence-corrected chi connectivity index (χ1v) is 11.1. The number of hydrogen-bond donors (Lipinski definition) is 0. The van der Waals surface area contributed by atoms with Crippen molar-refractivity contribution in [3.63, 3.8) is 0 Å². The smallest absolute Gasteiger partial charge is 0.243 e. The summed E-state index contributed by atoms with van der Waals surface area (Å²) in [6.07, 6.45) is 4.62. The van der Waals surface area contributed by atoms with E-state index < -0.39 is 10.0 Å². The van der Waals surface area contributed by atoms with Crippen LogP contribution in [0.1, 0.15) is 17.5 Å². The van der Waals surface area contributed by atoms with Crippen LogP contribution in [0.15, 0.2) is 53.7 Å². The summed E-state index contributed by atoms with van der Waals surface area (Å²) >= 11 is 1.85. The van der Waals surface area contributed by atoms with E-state index >= 15 is 0 Å². The van der Waals surface area contributed by atoms with Gasteiger partial charge in [0.1, 0.15) is 0 Å². The third-order valence-electron chi connectivity index (χ3n) is 5.00. The standard InChI is InChI=1S/C19H22N2O3S2/c1-15-2-4-18(5-3-15)26(22,23)21-13-19(14-21)10-17(12-25-19)24-11-16-6-8-20-9-7-16/h2-9,17H,10-14H2,1H3/t17-/m1/s1. The maximum Gasteiger partial charge on any atom is 0.243 e. The van der Waals surface area contributed by atoms with Gasteiger partial charge in [-0.15, -0.1) is 11.8 Å². The maximum atomic E-state index is 12.7. The largest absolute Gasteiger partial charge is 0.373 e. The summed E-state index contributed by atoms with van der Waals surface area (Å²) in [5.74, 6) is 0.920. The van der Waals surface area contributed by atoms with Gasteiger partial charge in [0, 0.05) is 36.0 Å². The first-order chi connectivity index (χ1) is 12.5. The predicted molar refractivity (Wildman–Crippen MR) is 103 cm³/mol. The number of thioether (sulfide) groups is 1. The number of nitrogens with zero attached hydrogens (tertiary/aromatic N) is 2. The Hall–Kier alpha value is -1.41. The molecule has 2 saturated heterocycles. The van der Waals surface area contributed by atoms with Crippen molar-refractivity contribution in [1.82, 2.24) is 9.29 Å². The summed E-state index contributed by atoms with van der Waals surface area (Å²) in [5, 5.41) is 0. The number of hydrogen-bond acceptors (Lipinski definition) is 5. The van der Waals surface area contributed by atoms with E-state index in [2.05, 4.69) is 4.98 Å². The molecule has 1 aromatic carbocycles. The zero-order valence-electron chi connectivity index (χ0n) is 14.7. The molecule has 2 aliphatic rings. The van der Waals surface area contributed by atoms with E-state index in [0.29, 0.717) is 24.6 Å². The highest BCUT2D eigenvalue weighted by Crippen LogP contribution is 2.47. The fourth-order valence-electron chi connectivity index (χ4n) is 3.45. The summed E-state index contributed by atoms with van der Waals surface area (Å²) in [7, 11) is -3.38. The first kappa shape index (κ1) is 18.0. The topological polar surface area (TPSA) is 59.5 Å². The van der Waals surface area contributed by atoms with Gasteiger partial charge in [0.15, 0.2) is 0 Å². The fourth-order valence-corrected chi connectivity index (χ4v) is 6.78. The summed E-state index contributed by atoms with van der Waals surface area (Å²) in [5.41, 5.74) is 2.17.